The normalized spacial score (nSPS) is 11.0. The number of anilines is 1. The maximum Gasteiger partial charge on any atom is 0.267 e. The number of halogens is 1. The molecule has 146 valence electrons. The zero-order chi connectivity index (χ0) is 20.5. The Morgan fingerprint density at radius 3 is 2.60 bits per heavy atom. The molecule has 1 N–H and O–H groups in total. The molecule has 0 saturated heterocycles. The summed E-state index contributed by atoms with van der Waals surface area (Å²) in [6.45, 7) is 0. The first-order chi connectivity index (χ1) is 14.7. The van der Waals surface area contributed by atoms with Gasteiger partial charge in [0.05, 0.1) is 22.3 Å². The number of nitrogens with zero attached hydrogens (tertiary/aromatic N) is 2. The average molecular weight is 432 g/mol. The van der Waals surface area contributed by atoms with Crippen LogP contribution >= 0.6 is 22.9 Å². The number of carbonyl (C=O) groups excluding carboxylic acids is 1. The number of thiazole rings is 1. The van der Waals surface area contributed by atoms with Crippen LogP contribution in [-0.4, -0.2) is 16.0 Å². The number of carbonyl (C=O) groups is 1. The smallest absolute Gasteiger partial charge is 0.267 e. The first kappa shape index (κ1) is 18.5. The summed E-state index contributed by atoms with van der Waals surface area (Å²) in [5, 5.41) is 8.94. The van der Waals surface area contributed by atoms with E-state index < -0.39 is 0 Å². The Balaban J connectivity index is 1.43. The Labute approximate surface area is 180 Å². The van der Waals surface area contributed by atoms with Gasteiger partial charge in [-0.25, -0.2) is 4.98 Å². The number of benzene rings is 3. The van der Waals surface area contributed by atoms with Gasteiger partial charge in [0.25, 0.3) is 5.91 Å². The molecule has 2 aromatic heterocycles. The van der Waals surface area contributed by atoms with Gasteiger partial charge in [0, 0.05) is 0 Å². The number of rotatable bonds is 4. The SMILES string of the molecule is O=C(Nc1ccccc1Cl)c1cnc(-c2noc3cc(-c4ccccc4)ccc23)s1. The van der Waals surface area contributed by atoms with Crippen LogP contribution in [0.15, 0.2) is 83.5 Å². The van der Waals surface area contributed by atoms with E-state index in [4.69, 9.17) is 16.1 Å². The molecular formula is C23H14ClN3O2S. The van der Waals surface area contributed by atoms with Crippen molar-refractivity contribution in [1.29, 1.82) is 0 Å². The van der Waals surface area contributed by atoms with E-state index in [0.717, 1.165) is 16.5 Å². The van der Waals surface area contributed by atoms with Crippen molar-refractivity contribution >= 4 is 45.5 Å². The molecular weight excluding hydrogens is 418 g/mol. The summed E-state index contributed by atoms with van der Waals surface area (Å²) in [6.07, 6.45) is 1.53. The van der Waals surface area contributed by atoms with E-state index in [2.05, 4.69) is 15.5 Å². The lowest BCUT2D eigenvalue weighted by molar-refractivity contribution is 0.103. The van der Waals surface area contributed by atoms with Gasteiger partial charge in [0.1, 0.15) is 15.6 Å². The summed E-state index contributed by atoms with van der Waals surface area (Å²) in [5.41, 5.74) is 3.99. The molecule has 5 nitrogen and oxygen atoms in total. The van der Waals surface area contributed by atoms with Crippen molar-refractivity contribution in [1.82, 2.24) is 10.1 Å². The molecule has 5 aromatic rings. The van der Waals surface area contributed by atoms with Gasteiger partial charge in [-0.1, -0.05) is 65.3 Å². The van der Waals surface area contributed by atoms with Gasteiger partial charge < -0.3 is 9.84 Å². The molecule has 0 aliphatic carbocycles. The summed E-state index contributed by atoms with van der Waals surface area (Å²) in [5.74, 6) is -0.272. The molecule has 0 saturated carbocycles. The summed E-state index contributed by atoms with van der Waals surface area (Å²) in [7, 11) is 0. The van der Waals surface area contributed by atoms with Gasteiger partial charge in [0.15, 0.2) is 5.58 Å². The van der Waals surface area contributed by atoms with Crippen LogP contribution in [0.5, 0.6) is 0 Å². The van der Waals surface area contributed by atoms with E-state index in [1.54, 1.807) is 12.1 Å². The fourth-order valence-electron chi connectivity index (χ4n) is 3.14. The molecule has 0 bridgehead atoms. The van der Waals surface area contributed by atoms with Crippen LogP contribution in [0.2, 0.25) is 5.02 Å². The van der Waals surface area contributed by atoms with Crippen LogP contribution in [0.25, 0.3) is 32.8 Å². The van der Waals surface area contributed by atoms with Crippen molar-refractivity contribution in [3.05, 3.63) is 88.9 Å². The van der Waals surface area contributed by atoms with E-state index in [9.17, 15) is 4.79 Å². The van der Waals surface area contributed by atoms with Crippen LogP contribution < -0.4 is 5.32 Å². The highest BCUT2D eigenvalue weighted by atomic mass is 35.5. The van der Waals surface area contributed by atoms with Gasteiger partial charge in [-0.15, -0.1) is 11.3 Å². The summed E-state index contributed by atoms with van der Waals surface area (Å²) < 4.78 is 5.55. The maximum absolute atomic E-state index is 12.6. The molecule has 3 aromatic carbocycles. The molecule has 1 amide bonds. The first-order valence-corrected chi connectivity index (χ1v) is 10.4. The summed E-state index contributed by atoms with van der Waals surface area (Å²) >= 11 is 7.37. The third-order valence-corrected chi connectivity index (χ3v) is 5.97. The van der Waals surface area contributed by atoms with Gasteiger partial charge in [-0.05, 0) is 35.4 Å². The monoisotopic (exact) mass is 431 g/mol. The maximum atomic E-state index is 12.6. The Kier molecular flexibility index (Phi) is 4.78. The minimum Gasteiger partial charge on any atom is -0.356 e. The van der Waals surface area contributed by atoms with Crippen LogP contribution in [0.1, 0.15) is 9.67 Å². The molecule has 5 rings (SSSR count). The molecule has 0 unspecified atom stereocenters. The highest BCUT2D eigenvalue weighted by molar-refractivity contribution is 7.17. The fourth-order valence-corrected chi connectivity index (χ4v) is 4.13. The third kappa shape index (κ3) is 3.47. The van der Waals surface area contributed by atoms with Gasteiger partial charge in [-0.3, -0.25) is 4.79 Å². The molecule has 0 aliphatic rings. The lowest BCUT2D eigenvalue weighted by Crippen LogP contribution is -2.10. The van der Waals surface area contributed by atoms with E-state index in [-0.39, 0.29) is 5.91 Å². The topological polar surface area (TPSA) is 68.0 Å². The number of hydrogen-bond donors (Lipinski definition) is 1. The summed E-state index contributed by atoms with van der Waals surface area (Å²) in [6, 6.07) is 23.1. The second-order valence-electron chi connectivity index (χ2n) is 6.57. The Morgan fingerprint density at radius 1 is 0.967 bits per heavy atom. The summed E-state index contributed by atoms with van der Waals surface area (Å²) in [4.78, 5) is 17.4. The molecule has 0 fully saturated rings. The number of aromatic nitrogens is 2. The molecule has 0 atom stereocenters. The average Bonchev–Trinajstić information content (AvgIpc) is 3.42. The molecule has 0 radical (unpaired) electrons. The third-order valence-electron chi connectivity index (χ3n) is 4.63. The predicted octanol–water partition coefficient (Wildman–Crippen LogP) is 6.52. The molecule has 2 heterocycles. The highest BCUT2D eigenvalue weighted by Crippen LogP contribution is 2.33. The number of para-hydroxylation sites is 1. The van der Waals surface area contributed by atoms with E-state index in [1.165, 1.54) is 17.5 Å². The number of hydrogen-bond acceptors (Lipinski definition) is 5. The fraction of sp³-hybridized carbons (Fsp3) is 0. The van der Waals surface area contributed by atoms with Gasteiger partial charge in [-0.2, -0.15) is 0 Å². The first-order valence-electron chi connectivity index (χ1n) is 9.16. The molecule has 0 spiro atoms. The van der Waals surface area contributed by atoms with Crippen LogP contribution in [0, 0.1) is 0 Å². The van der Waals surface area contributed by atoms with Crippen molar-refractivity contribution in [3.8, 4) is 21.8 Å². The Hall–Kier alpha value is -3.48. The lowest BCUT2D eigenvalue weighted by Gasteiger charge is -2.04. The quantitative estimate of drug-likeness (QED) is 0.351. The van der Waals surface area contributed by atoms with Crippen molar-refractivity contribution in [2.75, 3.05) is 5.32 Å². The largest absolute Gasteiger partial charge is 0.356 e. The van der Waals surface area contributed by atoms with E-state index >= 15 is 0 Å². The van der Waals surface area contributed by atoms with E-state index in [1.807, 2.05) is 60.7 Å². The lowest BCUT2D eigenvalue weighted by atomic mass is 10.0. The zero-order valence-electron chi connectivity index (χ0n) is 15.5. The molecule has 0 aliphatic heterocycles. The van der Waals surface area contributed by atoms with Crippen LogP contribution in [-0.2, 0) is 0 Å². The Morgan fingerprint density at radius 2 is 1.77 bits per heavy atom. The second kappa shape index (κ2) is 7.74. The van der Waals surface area contributed by atoms with Crippen molar-refractivity contribution in [2.24, 2.45) is 0 Å². The van der Waals surface area contributed by atoms with Crippen LogP contribution in [0.4, 0.5) is 5.69 Å². The standard InChI is InChI=1S/C23H14ClN3O2S/c24-17-8-4-5-9-18(17)26-22(28)20-13-25-23(30-20)21-16-11-10-15(12-19(16)29-27-21)14-6-2-1-3-7-14/h1-13H,(H,26,28). The van der Waals surface area contributed by atoms with Crippen LogP contribution in [0.3, 0.4) is 0 Å². The van der Waals surface area contributed by atoms with Crippen molar-refractivity contribution in [2.45, 2.75) is 0 Å². The number of fused-ring (bicyclic) bond motifs is 1. The minimum absolute atomic E-state index is 0.272. The van der Waals surface area contributed by atoms with Crippen molar-refractivity contribution < 1.29 is 9.32 Å². The highest BCUT2D eigenvalue weighted by Gasteiger charge is 2.18. The molecule has 7 heteroatoms. The zero-order valence-corrected chi connectivity index (χ0v) is 17.1. The molecule has 30 heavy (non-hydrogen) atoms. The second-order valence-corrected chi connectivity index (χ2v) is 8.01. The van der Waals surface area contributed by atoms with Gasteiger partial charge in [0.2, 0.25) is 0 Å². The minimum atomic E-state index is -0.272. The van der Waals surface area contributed by atoms with E-state index in [0.29, 0.717) is 31.9 Å². The number of amides is 1. The predicted molar refractivity (Wildman–Crippen MR) is 120 cm³/mol. The number of nitrogens with one attached hydrogen (secondary N) is 1. The van der Waals surface area contributed by atoms with Crippen molar-refractivity contribution in [3.63, 3.8) is 0 Å². The van der Waals surface area contributed by atoms with Gasteiger partial charge >= 0.3 is 0 Å². The Bertz CT molecular complexity index is 1360.